The Morgan fingerprint density at radius 2 is 2.15 bits per heavy atom. The van der Waals surface area contributed by atoms with Crippen LogP contribution in [0.25, 0.3) is 11.2 Å². The summed E-state index contributed by atoms with van der Waals surface area (Å²) in [5, 5.41) is 0.639. The number of aromatic amines is 1. The second-order valence-corrected chi connectivity index (χ2v) is 5.39. The molecule has 0 aliphatic heterocycles. The lowest BCUT2D eigenvalue weighted by Gasteiger charge is -2.08. The topological polar surface area (TPSA) is 80.5 Å². The Labute approximate surface area is 118 Å². The second-order valence-electron chi connectivity index (χ2n) is 4.36. The van der Waals surface area contributed by atoms with Crippen LogP contribution < -0.4 is 5.73 Å². The fourth-order valence-electron chi connectivity index (χ4n) is 1.81. The standard InChI is InChI=1S/C13H12FN5S/c1-7(15)8-2-3-10(9(14)4-8)20-13-11-12(17-5-16-11)18-6-19-13/h2-7H,15H2,1H3,(H,16,17,18,19)/t7-/m0/s1. The molecule has 3 aromatic rings. The van der Waals surface area contributed by atoms with E-state index in [1.807, 2.05) is 13.0 Å². The molecule has 5 nitrogen and oxygen atoms in total. The number of benzene rings is 1. The van der Waals surface area contributed by atoms with E-state index in [1.54, 1.807) is 12.4 Å². The number of nitrogens with two attached hydrogens (primary N) is 1. The summed E-state index contributed by atoms with van der Waals surface area (Å²) in [7, 11) is 0. The maximum Gasteiger partial charge on any atom is 0.181 e. The maximum absolute atomic E-state index is 14.1. The number of H-pyrrole nitrogens is 1. The lowest BCUT2D eigenvalue weighted by molar-refractivity contribution is 0.596. The van der Waals surface area contributed by atoms with E-state index in [-0.39, 0.29) is 11.9 Å². The summed E-state index contributed by atoms with van der Waals surface area (Å²) in [4.78, 5) is 15.7. The molecule has 0 fully saturated rings. The number of nitrogens with zero attached hydrogens (tertiary/aromatic N) is 3. The zero-order chi connectivity index (χ0) is 14.1. The van der Waals surface area contributed by atoms with Gasteiger partial charge < -0.3 is 10.7 Å². The lowest BCUT2D eigenvalue weighted by atomic mass is 10.1. The minimum absolute atomic E-state index is 0.193. The highest BCUT2D eigenvalue weighted by Gasteiger charge is 2.12. The zero-order valence-electron chi connectivity index (χ0n) is 10.7. The molecular formula is C13H12FN5S. The first-order chi connectivity index (χ1) is 9.65. The number of halogens is 1. The van der Waals surface area contributed by atoms with Crippen LogP contribution in [0.2, 0.25) is 0 Å². The van der Waals surface area contributed by atoms with Gasteiger partial charge in [-0.25, -0.2) is 19.3 Å². The number of nitrogens with one attached hydrogen (secondary N) is 1. The fourth-order valence-corrected chi connectivity index (χ4v) is 2.66. The van der Waals surface area contributed by atoms with Crippen LogP contribution in [-0.2, 0) is 0 Å². The smallest absolute Gasteiger partial charge is 0.181 e. The van der Waals surface area contributed by atoms with Crippen LogP contribution in [0.3, 0.4) is 0 Å². The van der Waals surface area contributed by atoms with Crippen molar-refractivity contribution in [3.8, 4) is 0 Å². The molecule has 2 heterocycles. The third kappa shape index (κ3) is 2.37. The summed E-state index contributed by atoms with van der Waals surface area (Å²) in [5.74, 6) is -0.309. The minimum Gasteiger partial charge on any atom is -0.341 e. The Morgan fingerprint density at radius 3 is 2.90 bits per heavy atom. The van der Waals surface area contributed by atoms with Gasteiger partial charge in [-0.05, 0) is 24.6 Å². The molecule has 20 heavy (non-hydrogen) atoms. The van der Waals surface area contributed by atoms with Gasteiger partial charge in [0, 0.05) is 10.9 Å². The van der Waals surface area contributed by atoms with Gasteiger partial charge in [0.05, 0.1) is 6.33 Å². The van der Waals surface area contributed by atoms with E-state index in [0.717, 1.165) is 5.56 Å². The van der Waals surface area contributed by atoms with Crippen molar-refractivity contribution in [2.75, 3.05) is 0 Å². The molecule has 0 spiro atoms. The summed E-state index contributed by atoms with van der Waals surface area (Å²) >= 11 is 1.23. The normalized spacial score (nSPS) is 12.8. The second kappa shape index (κ2) is 5.18. The number of hydrogen-bond donors (Lipinski definition) is 2. The third-order valence-corrected chi connectivity index (χ3v) is 3.93. The average Bonchev–Trinajstić information content (AvgIpc) is 2.90. The van der Waals surface area contributed by atoms with Crippen molar-refractivity contribution in [2.45, 2.75) is 22.9 Å². The molecule has 0 amide bonds. The van der Waals surface area contributed by atoms with Crippen molar-refractivity contribution >= 4 is 22.9 Å². The Balaban J connectivity index is 1.97. The SMILES string of the molecule is C[C@H](N)c1ccc(Sc2ncnc3nc[nH]c23)c(F)c1. The Kier molecular flexibility index (Phi) is 3.37. The first-order valence-corrected chi connectivity index (χ1v) is 6.84. The Morgan fingerprint density at radius 1 is 1.30 bits per heavy atom. The maximum atomic E-state index is 14.1. The first kappa shape index (κ1) is 13.0. The number of fused-ring (bicyclic) bond motifs is 1. The molecule has 0 saturated carbocycles. The van der Waals surface area contributed by atoms with Crippen molar-refractivity contribution in [3.63, 3.8) is 0 Å². The van der Waals surface area contributed by atoms with Gasteiger partial charge >= 0.3 is 0 Å². The molecule has 7 heteroatoms. The predicted octanol–water partition coefficient (Wildman–Crippen LogP) is 2.66. The molecule has 0 aliphatic rings. The van der Waals surface area contributed by atoms with Crippen molar-refractivity contribution in [2.24, 2.45) is 5.73 Å². The van der Waals surface area contributed by atoms with Crippen molar-refractivity contribution in [1.82, 2.24) is 19.9 Å². The predicted molar refractivity (Wildman–Crippen MR) is 74.8 cm³/mol. The van der Waals surface area contributed by atoms with Crippen LogP contribution in [0, 0.1) is 5.82 Å². The molecule has 0 aliphatic carbocycles. The van der Waals surface area contributed by atoms with Gasteiger partial charge in [0.2, 0.25) is 0 Å². The van der Waals surface area contributed by atoms with Crippen LogP contribution in [-0.4, -0.2) is 19.9 Å². The van der Waals surface area contributed by atoms with E-state index in [2.05, 4.69) is 19.9 Å². The first-order valence-electron chi connectivity index (χ1n) is 6.02. The molecule has 3 N–H and O–H groups in total. The van der Waals surface area contributed by atoms with E-state index in [1.165, 1.54) is 24.2 Å². The van der Waals surface area contributed by atoms with Gasteiger partial charge in [-0.15, -0.1) is 0 Å². The van der Waals surface area contributed by atoms with E-state index in [4.69, 9.17) is 5.73 Å². The molecular weight excluding hydrogens is 277 g/mol. The Bertz CT molecular complexity index is 755. The van der Waals surface area contributed by atoms with Crippen LogP contribution >= 0.6 is 11.8 Å². The number of imidazole rings is 1. The van der Waals surface area contributed by atoms with Crippen molar-refractivity contribution in [1.29, 1.82) is 0 Å². The molecule has 2 aromatic heterocycles. The van der Waals surface area contributed by atoms with Gasteiger partial charge in [-0.3, -0.25) is 0 Å². The summed E-state index contributed by atoms with van der Waals surface area (Å²) in [6.45, 7) is 1.82. The lowest BCUT2D eigenvalue weighted by Crippen LogP contribution is -2.05. The third-order valence-electron chi connectivity index (χ3n) is 2.88. The quantitative estimate of drug-likeness (QED) is 0.724. The highest BCUT2D eigenvalue weighted by molar-refractivity contribution is 7.99. The summed E-state index contributed by atoms with van der Waals surface area (Å²) in [6, 6.07) is 4.80. The highest BCUT2D eigenvalue weighted by Crippen LogP contribution is 2.32. The monoisotopic (exact) mass is 289 g/mol. The van der Waals surface area contributed by atoms with Gasteiger partial charge in [0.25, 0.3) is 0 Å². The number of rotatable bonds is 3. The molecule has 3 rings (SSSR count). The largest absolute Gasteiger partial charge is 0.341 e. The summed E-state index contributed by atoms with van der Waals surface area (Å²) < 4.78 is 14.1. The minimum atomic E-state index is -0.309. The molecule has 102 valence electrons. The molecule has 0 bridgehead atoms. The molecule has 1 atom stereocenters. The molecule has 0 radical (unpaired) electrons. The van der Waals surface area contributed by atoms with Crippen LogP contribution in [0.4, 0.5) is 4.39 Å². The van der Waals surface area contributed by atoms with Crippen LogP contribution in [0.1, 0.15) is 18.5 Å². The fraction of sp³-hybridized carbons (Fsp3) is 0.154. The molecule has 0 saturated heterocycles. The summed E-state index contributed by atoms with van der Waals surface area (Å²) in [6.07, 6.45) is 2.96. The van der Waals surface area contributed by atoms with Crippen molar-refractivity contribution < 1.29 is 4.39 Å². The summed E-state index contributed by atoms with van der Waals surface area (Å²) in [5.41, 5.74) is 7.77. The van der Waals surface area contributed by atoms with Gasteiger partial charge in [0.15, 0.2) is 5.65 Å². The highest BCUT2D eigenvalue weighted by atomic mass is 32.2. The number of aromatic nitrogens is 4. The molecule has 0 unspecified atom stereocenters. The van der Waals surface area contributed by atoms with Crippen molar-refractivity contribution in [3.05, 3.63) is 42.2 Å². The molecule has 1 aromatic carbocycles. The average molecular weight is 289 g/mol. The van der Waals surface area contributed by atoms with Crippen LogP contribution in [0.5, 0.6) is 0 Å². The van der Waals surface area contributed by atoms with Gasteiger partial charge in [-0.2, -0.15) is 0 Å². The van der Waals surface area contributed by atoms with E-state index in [0.29, 0.717) is 21.1 Å². The van der Waals surface area contributed by atoms with Gasteiger partial charge in [-0.1, -0.05) is 17.8 Å². The zero-order valence-corrected chi connectivity index (χ0v) is 11.5. The number of hydrogen-bond acceptors (Lipinski definition) is 5. The van der Waals surface area contributed by atoms with E-state index < -0.39 is 0 Å². The van der Waals surface area contributed by atoms with Gasteiger partial charge in [0.1, 0.15) is 22.7 Å². The van der Waals surface area contributed by atoms with E-state index >= 15 is 0 Å². The van der Waals surface area contributed by atoms with E-state index in [9.17, 15) is 4.39 Å². The van der Waals surface area contributed by atoms with Crippen LogP contribution in [0.15, 0.2) is 40.8 Å². The Hall–Kier alpha value is -1.99.